The second kappa shape index (κ2) is 3.83. The Morgan fingerprint density at radius 3 is 2.50 bits per heavy atom. The summed E-state index contributed by atoms with van der Waals surface area (Å²) in [5, 5.41) is 0. The van der Waals surface area contributed by atoms with E-state index in [1.165, 1.54) is 0 Å². The molecular weight excluding hydrogens is 166 g/mol. The van der Waals surface area contributed by atoms with Gasteiger partial charge in [0.2, 0.25) is 0 Å². The summed E-state index contributed by atoms with van der Waals surface area (Å²) >= 11 is 5.42. The molecule has 1 unspecified atom stereocenters. The third-order valence-electron chi connectivity index (χ3n) is 0.501. The third kappa shape index (κ3) is 3.84. The normalized spacial score (nSPS) is 17.9. The maximum absolute atomic E-state index is 12.5. The zero-order chi connectivity index (χ0) is 6.62. The lowest BCUT2D eigenvalue weighted by atomic mass is 10.9. The Morgan fingerprint density at radius 1 is 1.88 bits per heavy atom. The van der Waals surface area contributed by atoms with Gasteiger partial charge in [-0.3, -0.25) is 0 Å². The van der Waals surface area contributed by atoms with Crippen molar-refractivity contribution >= 4 is 29.0 Å². The molecule has 0 N–H and O–H groups in total. The number of halogens is 1. The molecular formula is C3H8FOPS2. The van der Waals surface area contributed by atoms with Gasteiger partial charge in [-0.25, -0.2) is 0 Å². The summed E-state index contributed by atoms with van der Waals surface area (Å²) in [6, 6.07) is 0. The van der Waals surface area contributed by atoms with Crippen LogP contribution in [-0.2, 0) is 16.3 Å². The zero-order valence-electron chi connectivity index (χ0n) is 4.76. The molecule has 0 radical (unpaired) electrons. The highest BCUT2D eigenvalue weighted by Gasteiger charge is 2.11. The summed E-state index contributed by atoms with van der Waals surface area (Å²) in [5.41, 5.74) is 0. The second-order valence-corrected chi connectivity index (χ2v) is 7.12. The van der Waals surface area contributed by atoms with Crippen molar-refractivity contribution in [3.05, 3.63) is 0 Å². The van der Waals surface area contributed by atoms with Crippen LogP contribution >= 0.6 is 17.2 Å². The SMILES string of the molecule is CCOP(F)(=S)SC. The van der Waals surface area contributed by atoms with E-state index in [1.807, 2.05) is 0 Å². The van der Waals surface area contributed by atoms with Crippen LogP contribution in [0, 0.1) is 0 Å². The van der Waals surface area contributed by atoms with Crippen molar-refractivity contribution in [3.8, 4) is 0 Å². The van der Waals surface area contributed by atoms with Crippen molar-refractivity contribution in [1.82, 2.24) is 0 Å². The van der Waals surface area contributed by atoms with Gasteiger partial charge in [0.15, 0.2) is 0 Å². The summed E-state index contributed by atoms with van der Waals surface area (Å²) in [6.07, 6.45) is 1.62. The number of rotatable bonds is 3. The molecule has 0 bridgehead atoms. The largest absolute Gasteiger partial charge is 0.319 e. The Hall–Kier alpha value is 0.890. The average molecular weight is 174 g/mol. The van der Waals surface area contributed by atoms with Crippen molar-refractivity contribution < 1.29 is 8.72 Å². The topological polar surface area (TPSA) is 9.23 Å². The van der Waals surface area contributed by atoms with E-state index in [1.54, 1.807) is 13.2 Å². The van der Waals surface area contributed by atoms with Gasteiger partial charge in [0.25, 0.3) is 5.78 Å². The summed E-state index contributed by atoms with van der Waals surface area (Å²) in [4.78, 5) is 0. The van der Waals surface area contributed by atoms with E-state index in [2.05, 4.69) is 16.3 Å². The Labute approximate surface area is 57.9 Å². The van der Waals surface area contributed by atoms with Crippen LogP contribution in [0.4, 0.5) is 4.20 Å². The summed E-state index contributed by atoms with van der Waals surface area (Å²) in [6.45, 7) is 2.10. The fourth-order valence-electron chi connectivity index (χ4n) is 0.207. The highest BCUT2D eigenvalue weighted by atomic mass is 32.9. The van der Waals surface area contributed by atoms with Gasteiger partial charge in [-0.1, -0.05) is 11.4 Å². The van der Waals surface area contributed by atoms with E-state index in [0.29, 0.717) is 6.61 Å². The minimum Gasteiger partial charge on any atom is -0.319 e. The minimum absolute atomic E-state index is 0.370. The fraction of sp³-hybridized carbons (Fsp3) is 1.00. The predicted octanol–water partition coefficient (Wildman–Crippen LogP) is 2.58. The molecule has 0 aromatic heterocycles. The molecule has 0 aliphatic rings. The van der Waals surface area contributed by atoms with Crippen LogP contribution in [0.3, 0.4) is 0 Å². The van der Waals surface area contributed by atoms with Crippen LogP contribution in [0.25, 0.3) is 0 Å². The van der Waals surface area contributed by atoms with E-state index in [9.17, 15) is 4.20 Å². The van der Waals surface area contributed by atoms with Gasteiger partial charge < -0.3 is 4.52 Å². The Balaban J connectivity index is 3.55. The van der Waals surface area contributed by atoms with Crippen molar-refractivity contribution in [2.75, 3.05) is 12.9 Å². The molecule has 8 heavy (non-hydrogen) atoms. The van der Waals surface area contributed by atoms with Crippen LogP contribution in [-0.4, -0.2) is 12.9 Å². The first-order valence-electron chi connectivity index (χ1n) is 2.12. The van der Waals surface area contributed by atoms with E-state index in [4.69, 9.17) is 0 Å². The van der Waals surface area contributed by atoms with Gasteiger partial charge >= 0.3 is 0 Å². The molecule has 0 aromatic rings. The highest BCUT2D eigenvalue weighted by molar-refractivity contribution is 8.67. The monoisotopic (exact) mass is 174 g/mol. The molecule has 0 spiro atoms. The molecule has 0 aliphatic carbocycles. The second-order valence-electron chi connectivity index (χ2n) is 1.03. The fourth-order valence-corrected chi connectivity index (χ4v) is 1.57. The van der Waals surface area contributed by atoms with Gasteiger partial charge in [-0.2, -0.15) is 4.20 Å². The van der Waals surface area contributed by atoms with Gasteiger partial charge in [-0.05, 0) is 25.0 Å². The first-order chi connectivity index (χ1) is 3.62. The molecule has 0 aliphatic heterocycles. The van der Waals surface area contributed by atoms with Crippen molar-refractivity contribution in [2.45, 2.75) is 6.92 Å². The quantitative estimate of drug-likeness (QED) is 0.608. The van der Waals surface area contributed by atoms with Crippen molar-refractivity contribution in [1.29, 1.82) is 0 Å². The molecule has 1 nitrogen and oxygen atoms in total. The lowest BCUT2D eigenvalue weighted by molar-refractivity contribution is 0.365. The smallest absolute Gasteiger partial charge is 0.287 e. The Kier molecular flexibility index (Phi) is 4.26. The molecule has 0 rings (SSSR count). The molecule has 1 atom stereocenters. The number of hydrogen-bond donors (Lipinski definition) is 0. The van der Waals surface area contributed by atoms with Crippen molar-refractivity contribution in [3.63, 3.8) is 0 Å². The third-order valence-corrected chi connectivity index (χ3v) is 4.79. The van der Waals surface area contributed by atoms with Gasteiger partial charge in [0.1, 0.15) is 0 Å². The average Bonchev–Trinajstić information content (AvgIpc) is 1.67. The minimum atomic E-state index is -2.92. The lowest BCUT2D eigenvalue weighted by Gasteiger charge is -2.05. The molecule has 50 valence electrons. The standard InChI is InChI=1S/C3H8FOPS2/c1-3-5-6(4,7)8-2/h3H2,1-2H3. The molecule has 0 aromatic carbocycles. The Bertz CT molecular complexity index is 107. The van der Waals surface area contributed by atoms with Gasteiger partial charge in [-0.15, -0.1) is 0 Å². The Morgan fingerprint density at radius 2 is 2.38 bits per heavy atom. The molecule has 0 heterocycles. The van der Waals surface area contributed by atoms with Crippen molar-refractivity contribution in [2.24, 2.45) is 0 Å². The van der Waals surface area contributed by atoms with Crippen LogP contribution < -0.4 is 0 Å². The molecule has 0 amide bonds. The van der Waals surface area contributed by atoms with Gasteiger partial charge in [0.05, 0.1) is 6.61 Å². The van der Waals surface area contributed by atoms with Crippen LogP contribution in [0.15, 0.2) is 0 Å². The maximum Gasteiger partial charge on any atom is 0.287 e. The zero-order valence-corrected chi connectivity index (χ0v) is 7.28. The van der Waals surface area contributed by atoms with E-state index in [0.717, 1.165) is 11.4 Å². The van der Waals surface area contributed by atoms with E-state index >= 15 is 0 Å². The predicted molar refractivity (Wildman–Crippen MR) is 40.5 cm³/mol. The summed E-state index contributed by atoms with van der Waals surface area (Å²) in [5.74, 6) is -2.92. The number of hydrogen-bond acceptors (Lipinski definition) is 3. The first kappa shape index (κ1) is 8.89. The summed E-state index contributed by atoms with van der Waals surface area (Å²) < 4.78 is 17.1. The van der Waals surface area contributed by atoms with Gasteiger partial charge in [0, 0.05) is 0 Å². The molecule has 0 saturated carbocycles. The van der Waals surface area contributed by atoms with E-state index in [-0.39, 0.29) is 0 Å². The maximum atomic E-state index is 12.5. The molecule has 5 heteroatoms. The van der Waals surface area contributed by atoms with Crippen LogP contribution in [0.2, 0.25) is 0 Å². The summed E-state index contributed by atoms with van der Waals surface area (Å²) in [7, 11) is 0. The first-order valence-corrected chi connectivity index (χ1v) is 6.56. The van der Waals surface area contributed by atoms with E-state index < -0.39 is 5.78 Å². The molecule has 0 saturated heterocycles. The highest BCUT2D eigenvalue weighted by Crippen LogP contribution is 2.59. The van der Waals surface area contributed by atoms with Crippen LogP contribution in [0.1, 0.15) is 6.92 Å². The molecule has 0 fully saturated rings. The van der Waals surface area contributed by atoms with Crippen LogP contribution in [0.5, 0.6) is 0 Å². The lowest BCUT2D eigenvalue weighted by Crippen LogP contribution is -1.77.